The van der Waals surface area contributed by atoms with E-state index in [0.29, 0.717) is 18.1 Å². The van der Waals surface area contributed by atoms with Crippen molar-refractivity contribution in [3.63, 3.8) is 0 Å². The van der Waals surface area contributed by atoms with Crippen LogP contribution in [0.2, 0.25) is 0 Å². The number of ether oxygens (including phenoxy) is 2. The molecular weight excluding hydrogens is 288 g/mol. The fourth-order valence-corrected chi connectivity index (χ4v) is 2.50. The van der Waals surface area contributed by atoms with Crippen molar-refractivity contribution in [2.24, 2.45) is 0 Å². The molecule has 0 saturated carbocycles. The molecule has 0 aliphatic carbocycles. The first kappa shape index (κ1) is 19.3. The predicted octanol–water partition coefficient (Wildman–Crippen LogP) is 5.47. The highest BCUT2D eigenvalue weighted by Gasteiger charge is 2.09. The third-order valence-corrected chi connectivity index (χ3v) is 3.75. The average molecular weight is 318 g/mol. The third-order valence-electron chi connectivity index (χ3n) is 3.75. The maximum absolute atomic E-state index is 11.3. The van der Waals surface area contributed by atoms with Crippen LogP contribution in [0, 0.1) is 0 Å². The van der Waals surface area contributed by atoms with Crippen molar-refractivity contribution in [2.75, 3.05) is 6.61 Å². The maximum Gasteiger partial charge on any atom is 0.335 e. The Labute approximate surface area is 140 Å². The van der Waals surface area contributed by atoms with Gasteiger partial charge in [-0.2, -0.15) is 0 Å². The lowest BCUT2D eigenvalue weighted by molar-refractivity contribution is -0.129. The monoisotopic (exact) mass is 318 g/mol. The number of aryl methyl sites for hydroxylation is 1. The van der Waals surface area contributed by atoms with Gasteiger partial charge in [-0.1, -0.05) is 58.1 Å². The summed E-state index contributed by atoms with van der Waals surface area (Å²) in [4.78, 5) is 11.3. The minimum Gasteiger partial charge on any atom is -0.490 e. The Morgan fingerprint density at radius 1 is 1.04 bits per heavy atom. The van der Waals surface area contributed by atoms with Crippen LogP contribution >= 0.6 is 0 Å². The zero-order valence-electron chi connectivity index (χ0n) is 14.6. The molecule has 3 nitrogen and oxygen atoms in total. The van der Waals surface area contributed by atoms with Gasteiger partial charge < -0.3 is 9.47 Å². The van der Waals surface area contributed by atoms with Gasteiger partial charge in [-0.25, -0.2) is 4.79 Å². The lowest BCUT2D eigenvalue weighted by Crippen LogP contribution is -2.05. The fraction of sp³-hybridized carbons (Fsp3) is 0.550. The molecule has 0 saturated heterocycles. The van der Waals surface area contributed by atoms with E-state index in [4.69, 9.17) is 9.47 Å². The minimum absolute atomic E-state index is 0.458. The summed E-state index contributed by atoms with van der Waals surface area (Å²) in [5.41, 5.74) is 1.22. The van der Waals surface area contributed by atoms with Crippen molar-refractivity contribution in [3.8, 4) is 11.5 Å². The van der Waals surface area contributed by atoms with Gasteiger partial charge in [0.25, 0.3) is 0 Å². The van der Waals surface area contributed by atoms with E-state index in [1.807, 2.05) is 25.1 Å². The zero-order chi connectivity index (χ0) is 16.9. The van der Waals surface area contributed by atoms with Crippen molar-refractivity contribution in [1.29, 1.82) is 0 Å². The molecule has 0 unspecified atom stereocenters. The number of carbonyl (C=O) groups is 1. The van der Waals surface area contributed by atoms with Crippen LogP contribution in [0.25, 0.3) is 0 Å². The molecule has 0 fully saturated rings. The zero-order valence-corrected chi connectivity index (χ0v) is 14.6. The summed E-state index contributed by atoms with van der Waals surface area (Å²) in [5, 5.41) is 0. The van der Waals surface area contributed by atoms with Crippen molar-refractivity contribution in [1.82, 2.24) is 0 Å². The lowest BCUT2D eigenvalue weighted by Gasteiger charge is -2.11. The van der Waals surface area contributed by atoms with E-state index in [1.54, 1.807) is 0 Å². The molecular formula is C20H30O3. The average Bonchev–Trinajstić information content (AvgIpc) is 2.56. The first-order valence-corrected chi connectivity index (χ1v) is 8.81. The Balaban J connectivity index is 2.48. The molecule has 0 aromatic heterocycles. The van der Waals surface area contributed by atoms with Gasteiger partial charge in [-0.3, -0.25) is 0 Å². The van der Waals surface area contributed by atoms with Gasteiger partial charge in [0.1, 0.15) is 0 Å². The van der Waals surface area contributed by atoms with Crippen LogP contribution in [0.3, 0.4) is 0 Å². The molecule has 0 heterocycles. The van der Waals surface area contributed by atoms with Crippen LogP contribution in [0.5, 0.6) is 11.5 Å². The fourth-order valence-electron chi connectivity index (χ4n) is 2.50. The van der Waals surface area contributed by atoms with Gasteiger partial charge in [0, 0.05) is 6.08 Å². The van der Waals surface area contributed by atoms with Gasteiger partial charge in [-0.15, -0.1) is 0 Å². The first-order valence-electron chi connectivity index (χ1n) is 8.81. The molecule has 3 heteroatoms. The summed E-state index contributed by atoms with van der Waals surface area (Å²) in [7, 11) is 0. The van der Waals surface area contributed by atoms with Crippen molar-refractivity contribution < 1.29 is 14.3 Å². The van der Waals surface area contributed by atoms with E-state index in [-0.39, 0.29) is 0 Å². The molecule has 0 aliphatic rings. The smallest absolute Gasteiger partial charge is 0.335 e. The molecule has 0 N–H and O–H groups in total. The summed E-state index contributed by atoms with van der Waals surface area (Å²) in [6.07, 6.45) is 11.3. The number of hydrogen-bond donors (Lipinski definition) is 0. The highest BCUT2D eigenvalue weighted by atomic mass is 16.6. The molecule has 128 valence electrons. The van der Waals surface area contributed by atoms with E-state index in [0.717, 1.165) is 12.5 Å². The van der Waals surface area contributed by atoms with E-state index in [1.165, 1.54) is 50.5 Å². The standard InChI is InChI=1S/C20H30O3/c1-4-7-8-9-10-11-12-13-17-14-15-18(23-20(21)5-2)19(16-17)22-6-3/h5,14-16H,2,4,6-13H2,1,3H3. The Kier molecular flexibility index (Phi) is 9.85. The van der Waals surface area contributed by atoms with Gasteiger partial charge in [0.2, 0.25) is 0 Å². The van der Waals surface area contributed by atoms with Crippen LogP contribution in [0.4, 0.5) is 0 Å². The van der Waals surface area contributed by atoms with Gasteiger partial charge in [-0.05, 0) is 37.5 Å². The Bertz CT molecular complexity index is 480. The summed E-state index contributed by atoms with van der Waals surface area (Å²) in [6.45, 7) is 8.11. The molecule has 0 atom stereocenters. The third kappa shape index (κ3) is 7.87. The normalized spacial score (nSPS) is 10.3. The summed E-state index contributed by atoms with van der Waals surface area (Å²) >= 11 is 0. The molecule has 1 aromatic carbocycles. The van der Waals surface area contributed by atoms with Crippen molar-refractivity contribution in [3.05, 3.63) is 36.4 Å². The number of unbranched alkanes of at least 4 members (excludes halogenated alkanes) is 6. The van der Waals surface area contributed by atoms with Crippen molar-refractivity contribution in [2.45, 2.75) is 65.2 Å². The number of esters is 1. The molecule has 0 spiro atoms. The Morgan fingerprint density at radius 2 is 1.74 bits per heavy atom. The molecule has 0 radical (unpaired) electrons. The molecule has 0 amide bonds. The van der Waals surface area contributed by atoms with Crippen LogP contribution < -0.4 is 9.47 Å². The number of carbonyl (C=O) groups excluding carboxylic acids is 1. The first-order chi connectivity index (χ1) is 11.2. The quantitative estimate of drug-likeness (QED) is 0.222. The minimum atomic E-state index is -0.467. The van der Waals surface area contributed by atoms with Gasteiger partial charge in [0.05, 0.1) is 6.61 Å². The highest BCUT2D eigenvalue weighted by Crippen LogP contribution is 2.29. The van der Waals surface area contributed by atoms with Crippen LogP contribution in [0.1, 0.15) is 64.4 Å². The molecule has 23 heavy (non-hydrogen) atoms. The SMILES string of the molecule is C=CC(=O)Oc1ccc(CCCCCCCCC)cc1OCC. The lowest BCUT2D eigenvalue weighted by atomic mass is 10.0. The summed E-state index contributed by atoms with van der Waals surface area (Å²) < 4.78 is 10.8. The Hall–Kier alpha value is -1.77. The van der Waals surface area contributed by atoms with Crippen molar-refractivity contribution >= 4 is 5.97 Å². The number of benzene rings is 1. The number of rotatable bonds is 12. The second kappa shape index (κ2) is 11.8. The summed E-state index contributed by atoms with van der Waals surface area (Å²) in [6, 6.07) is 5.79. The topological polar surface area (TPSA) is 35.5 Å². The van der Waals surface area contributed by atoms with Gasteiger partial charge >= 0.3 is 5.97 Å². The predicted molar refractivity (Wildman–Crippen MR) is 95.1 cm³/mol. The Morgan fingerprint density at radius 3 is 2.39 bits per heavy atom. The molecule has 0 aliphatic heterocycles. The summed E-state index contributed by atoms with van der Waals surface area (Å²) in [5.74, 6) is 0.619. The van der Waals surface area contributed by atoms with Crippen LogP contribution in [-0.2, 0) is 11.2 Å². The van der Waals surface area contributed by atoms with Crippen LogP contribution in [0.15, 0.2) is 30.9 Å². The van der Waals surface area contributed by atoms with E-state index in [9.17, 15) is 4.79 Å². The largest absolute Gasteiger partial charge is 0.490 e. The van der Waals surface area contributed by atoms with Crippen LogP contribution in [-0.4, -0.2) is 12.6 Å². The highest BCUT2D eigenvalue weighted by molar-refractivity contribution is 5.83. The number of hydrogen-bond acceptors (Lipinski definition) is 3. The van der Waals surface area contributed by atoms with E-state index < -0.39 is 5.97 Å². The van der Waals surface area contributed by atoms with E-state index >= 15 is 0 Å². The molecule has 0 bridgehead atoms. The second-order valence-corrected chi connectivity index (χ2v) is 5.71. The van der Waals surface area contributed by atoms with E-state index in [2.05, 4.69) is 13.5 Å². The second-order valence-electron chi connectivity index (χ2n) is 5.71. The molecule has 1 rings (SSSR count). The van der Waals surface area contributed by atoms with Gasteiger partial charge in [0.15, 0.2) is 11.5 Å². The maximum atomic E-state index is 11.3. The molecule has 1 aromatic rings.